The van der Waals surface area contributed by atoms with Crippen molar-refractivity contribution in [1.82, 2.24) is 15.1 Å². The molecule has 2 aliphatic rings. The number of hydrogen-bond donors (Lipinski definition) is 1. The van der Waals surface area contributed by atoms with Crippen molar-refractivity contribution in [2.75, 3.05) is 39.8 Å². The summed E-state index contributed by atoms with van der Waals surface area (Å²) in [7, 11) is 1.54. The molecule has 2 saturated heterocycles. The number of amides is 2. The fourth-order valence-corrected chi connectivity index (χ4v) is 6.32. The van der Waals surface area contributed by atoms with Crippen LogP contribution in [0.25, 0.3) is 0 Å². The number of likely N-dealkylation sites (tertiary alicyclic amines) is 2. The number of benzene rings is 2. The summed E-state index contributed by atoms with van der Waals surface area (Å²) in [6, 6.07) is 13.9. The first-order chi connectivity index (χ1) is 18.4. The lowest BCUT2D eigenvalue weighted by molar-refractivity contribution is 0.0769. The second-order valence-electron chi connectivity index (χ2n) is 9.68. The normalized spacial score (nSPS) is 19.7. The van der Waals surface area contributed by atoms with E-state index in [2.05, 4.69) is 10.2 Å². The summed E-state index contributed by atoms with van der Waals surface area (Å²) in [5, 5.41) is 6.66. The molecule has 2 unspecified atom stereocenters. The number of hydrogen-bond acceptors (Lipinski definition) is 6. The maximum absolute atomic E-state index is 14.3. The average molecular weight is 558 g/mol. The first-order valence-corrected chi connectivity index (χ1v) is 13.8. The fraction of sp³-hybridized carbons (Fsp3) is 0.357. The summed E-state index contributed by atoms with van der Waals surface area (Å²) in [6.07, 6.45) is 0.169. The van der Waals surface area contributed by atoms with E-state index in [1.807, 2.05) is 30.3 Å². The SMILES string of the molecule is COc1cscc1OC(=O)NC(CCN1CC2CN(C(=O)c3c(F)cccc3Cl)C[C@@H]2C1)c1ccccc1. The Morgan fingerprint density at radius 2 is 1.76 bits per heavy atom. The molecular weight excluding hydrogens is 529 g/mol. The van der Waals surface area contributed by atoms with Gasteiger partial charge in [0.1, 0.15) is 5.82 Å². The van der Waals surface area contributed by atoms with Crippen molar-refractivity contribution in [3.8, 4) is 11.5 Å². The van der Waals surface area contributed by atoms with Gasteiger partial charge >= 0.3 is 6.09 Å². The Balaban J connectivity index is 1.17. The van der Waals surface area contributed by atoms with Crippen LogP contribution in [0.15, 0.2) is 59.3 Å². The van der Waals surface area contributed by atoms with E-state index in [4.69, 9.17) is 21.1 Å². The summed E-state index contributed by atoms with van der Waals surface area (Å²) < 4.78 is 25.0. The van der Waals surface area contributed by atoms with Crippen molar-refractivity contribution in [1.29, 1.82) is 0 Å². The van der Waals surface area contributed by atoms with Crippen LogP contribution in [-0.2, 0) is 0 Å². The second-order valence-corrected chi connectivity index (χ2v) is 10.8. The average Bonchev–Trinajstić information content (AvgIpc) is 3.62. The second kappa shape index (κ2) is 11.7. The third kappa shape index (κ3) is 5.80. The lowest BCUT2D eigenvalue weighted by atomic mass is 10.0. The lowest BCUT2D eigenvalue weighted by Gasteiger charge is -2.25. The summed E-state index contributed by atoms with van der Waals surface area (Å²) >= 11 is 7.52. The predicted molar refractivity (Wildman–Crippen MR) is 145 cm³/mol. The molecular formula is C28H29ClFN3O4S. The summed E-state index contributed by atoms with van der Waals surface area (Å²) in [4.78, 5) is 29.8. The van der Waals surface area contributed by atoms with Gasteiger partial charge in [-0.25, -0.2) is 9.18 Å². The highest BCUT2D eigenvalue weighted by Crippen LogP contribution is 2.34. The van der Waals surface area contributed by atoms with Gasteiger partial charge in [-0.1, -0.05) is 48.0 Å². The smallest absolute Gasteiger partial charge is 0.413 e. The first kappa shape index (κ1) is 26.5. The van der Waals surface area contributed by atoms with Crippen LogP contribution < -0.4 is 14.8 Å². The van der Waals surface area contributed by atoms with E-state index >= 15 is 0 Å². The molecule has 0 aliphatic carbocycles. The van der Waals surface area contributed by atoms with Gasteiger partial charge in [0.25, 0.3) is 5.91 Å². The molecule has 0 bridgehead atoms. The molecule has 1 aromatic heterocycles. The van der Waals surface area contributed by atoms with E-state index in [1.54, 1.807) is 21.7 Å². The number of halogens is 2. The van der Waals surface area contributed by atoms with Gasteiger partial charge in [-0.05, 0) is 36.0 Å². The Kier molecular flexibility index (Phi) is 8.16. The van der Waals surface area contributed by atoms with Crippen LogP contribution in [0.3, 0.4) is 0 Å². The molecule has 2 aliphatic heterocycles. The molecule has 1 N–H and O–H groups in total. The number of fused-ring (bicyclic) bond motifs is 1. The standard InChI is InChI=1S/C28H29ClFN3O4S/c1-36-24-16-38-17-25(24)37-28(35)31-23(18-6-3-2-4-7-18)10-11-32-12-19-14-33(15-20(19)13-32)27(34)26-21(29)8-5-9-22(26)30/h2-9,16-17,19-20,23H,10-15H2,1H3,(H,31,35)/t19-,20?,23?/m0/s1. The molecule has 2 fully saturated rings. The molecule has 0 saturated carbocycles. The molecule has 5 rings (SSSR count). The maximum atomic E-state index is 14.3. The number of nitrogens with zero attached hydrogens (tertiary/aromatic N) is 2. The van der Waals surface area contributed by atoms with Crippen molar-refractivity contribution in [2.45, 2.75) is 12.5 Å². The third-order valence-electron chi connectivity index (χ3n) is 7.27. The Labute approximate surface area is 230 Å². The topological polar surface area (TPSA) is 71.1 Å². The van der Waals surface area contributed by atoms with Crippen LogP contribution in [0.5, 0.6) is 11.5 Å². The highest BCUT2D eigenvalue weighted by atomic mass is 35.5. The zero-order chi connectivity index (χ0) is 26.6. The minimum absolute atomic E-state index is 0.0465. The number of carbonyl (C=O) groups is 2. The number of thiophene rings is 1. The van der Waals surface area contributed by atoms with E-state index in [9.17, 15) is 14.0 Å². The van der Waals surface area contributed by atoms with Crippen LogP contribution in [-0.4, -0.2) is 61.6 Å². The largest absolute Gasteiger partial charge is 0.492 e. The Bertz CT molecular complexity index is 1260. The molecule has 38 heavy (non-hydrogen) atoms. The maximum Gasteiger partial charge on any atom is 0.413 e. The highest BCUT2D eigenvalue weighted by Gasteiger charge is 2.42. The van der Waals surface area contributed by atoms with Gasteiger partial charge < -0.3 is 24.6 Å². The van der Waals surface area contributed by atoms with Crippen molar-refractivity contribution in [3.05, 3.63) is 81.3 Å². The van der Waals surface area contributed by atoms with Crippen LogP contribution in [0.2, 0.25) is 5.02 Å². The van der Waals surface area contributed by atoms with Crippen LogP contribution in [0, 0.1) is 17.7 Å². The van der Waals surface area contributed by atoms with E-state index in [1.165, 1.54) is 30.6 Å². The van der Waals surface area contributed by atoms with Gasteiger partial charge in [-0.15, -0.1) is 11.3 Å². The van der Waals surface area contributed by atoms with Gasteiger partial charge in [-0.2, -0.15) is 0 Å². The Morgan fingerprint density at radius 3 is 2.45 bits per heavy atom. The molecule has 0 radical (unpaired) electrons. The van der Waals surface area contributed by atoms with Crippen molar-refractivity contribution >= 4 is 34.9 Å². The van der Waals surface area contributed by atoms with E-state index < -0.39 is 11.9 Å². The number of ether oxygens (including phenoxy) is 2. The van der Waals surface area contributed by atoms with Gasteiger partial charge in [-0.3, -0.25) is 4.79 Å². The molecule has 7 nitrogen and oxygen atoms in total. The van der Waals surface area contributed by atoms with Gasteiger partial charge in [0.15, 0.2) is 11.5 Å². The van der Waals surface area contributed by atoms with E-state index in [0.717, 1.165) is 25.2 Å². The molecule has 200 valence electrons. The van der Waals surface area contributed by atoms with Crippen LogP contribution in [0.4, 0.5) is 9.18 Å². The first-order valence-electron chi connectivity index (χ1n) is 12.5. The van der Waals surface area contributed by atoms with Crippen molar-refractivity contribution < 1.29 is 23.5 Å². The fourth-order valence-electron chi connectivity index (χ4n) is 5.39. The summed E-state index contributed by atoms with van der Waals surface area (Å²) in [5.74, 6) is 0.631. The number of rotatable bonds is 8. The van der Waals surface area contributed by atoms with Crippen molar-refractivity contribution in [3.63, 3.8) is 0 Å². The summed E-state index contributed by atoms with van der Waals surface area (Å²) in [6.45, 7) is 3.64. The Hall–Kier alpha value is -3.14. The predicted octanol–water partition coefficient (Wildman–Crippen LogP) is 5.47. The highest BCUT2D eigenvalue weighted by molar-refractivity contribution is 7.08. The van der Waals surface area contributed by atoms with Gasteiger partial charge in [0, 0.05) is 43.5 Å². The summed E-state index contributed by atoms with van der Waals surface area (Å²) in [5.41, 5.74) is 0.953. The molecule has 2 amide bonds. The molecule has 3 heterocycles. The van der Waals surface area contributed by atoms with Crippen LogP contribution >= 0.6 is 22.9 Å². The number of carbonyl (C=O) groups excluding carboxylic acids is 2. The van der Waals surface area contributed by atoms with Crippen LogP contribution in [0.1, 0.15) is 28.4 Å². The number of nitrogens with one attached hydrogen (secondary N) is 1. The van der Waals surface area contributed by atoms with E-state index in [-0.39, 0.29) is 22.5 Å². The molecule has 3 atom stereocenters. The lowest BCUT2D eigenvalue weighted by Crippen LogP contribution is -2.36. The quantitative estimate of drug-likeness (QED) is 0.397. The van der Waals surface area contributed by atoms with E-state index in [0.29, 0.717) is 42.8 Å². The van der Waals surface area contributed by atoms with Gasteiger partial charge in [0.2, 0.25) is 0 Å². The Morgan fingerprint density at radius 1 is 1.05 bits per heavy atom. The molecule has 10 heteroatoms. The zero-order valence-corrected chi connectivity index (χ0v) is 22.5. The number of methoxy groups -OCH3 is 1. The minimum atomic E-state index is -0.586. The van der Waals surface area contributed by atoms with Crippen molar-refractivity contribution in [2.24, 2.45) is 11.8 Å². The molecule has 2 aromatic carbocycles. The molecule has 0 spiro atoms. The van der Waals surface area contributed by atoms with Gasteiger partial charge in [0.05, 0.1) is 23.7 Å². The zero-order valence-electron chi connectivity index (χ0n) is 20.9. The monoisotopic (exact) mass is 557 g/mol. The third-order valence-corrected chi connectivity index (χ3v) is 8.28. The molecule has 3 aromatic rings. The minimum Gasteiger partial charge on any atom is -0.492 e.